The summed E-state index contributed by atoms with van der Waals surface area (Å²) < 4.78 is 12.1. The Balaban J connectivity index is 2.34. The fourth-order valence-corrected chi connectivity index (χ4v) is 1.90. The summed E-state index contributed by atoms with van der Waals surface area (Å²) in [7, 11) is 0. The van der Waals surface area contributed by atoms with E-state index in [4.69, 9.17) is 9.47 Å². The average molecular weight is 257 g/mol. The van der Waals surface area contributed by atoms with Crippen molar-refractivity contribution in [2.24, 2.45) is 0 Å². The van der Waals surface area contributed by atoms with Crippen LogP contribution in [0.3, 0.4) is 0 Å². The number of rotatable bonds is 1. The first-order chi connectivity index (χ1) is 6.68. The van der Waals surface area contributed by atoms with E-state index in [1.807, 2.05) is 0 Å². The van der Waals surface area contributed by atoms with E-state index in [9.17, 15) is 0 Å². The molecule has 0 unspecified atom stereocenters. The molecule has 0 saturated carbocycles. The normalized spacial score (nSPS) is 17.6. The lowest BCUT2D eigenvalue weighted by molar-refractivity contribution is -0.0441. The van der Waals surface area contributed by atoms with Crippen LogP contribution in [-0.2, 0) is 9.47 Å². The molecule has 0 N–H and O–H groups in total. The smallest absolute Gasteiger partial charge is 0.184 e. The Morgan fingerprint density at radius 1 is 1.14 bits per heavy atom. The van der Waals surface area contributed by atoms with Crippen molar-refractivity contribution in [1.29, 1.82) is 0 Å². The van der Waals surface area contributed by atoms with E-state index in [2.05, 4.69) is 41.9 Å². The highest BCUT2D eigenvalue weighted by atomic mass is 79.9. The third-order valence-corrected chi connectivity index (χ3v) is 3.60. The van der Waals surface area contributed by atoms with Gasteiger partial charge in [0, 0.05) is 10.0 Å². The summed E-state index contributed by atoms with van der Waals surface area (Å²) >= 11 is 3.54. The first-order valence-corrected chi connectivity index (χ1v) is 5.47. The van der Waals surface area contributed by atoms with E-state index in [1.54, 1.807) is 0 Å². The summed E-state index contributed by atoms with van der Waals surface area (Å²) in [5.74, 6) is 0. The van der Waals surface area contributed by atoms with Crippen molar-refractivity contribution >= 4 is 15.9 Å². The lowest BCUT2D eigenvalue weighted by Gasteiger charge is -2.12. The van der Waals surface area contributed by atoms with Crippen LogP contribution in [0.2, 0.25) is 0 Å². The Bertz CT molecular complexity index is 320. The van der Waals surface area contributed by atoms with E-state index in [0.717, 1.165) is 5.56 Å². The number of aryl methyl sites for hydroxylation is 2. The van der Waals surface area contributed by atoms with Crippen LogP contribution in [0, 0.1) is 13.8 Å². The average Bonchev–Trinajstić information content (AvgIpc) is 2.66. The van der Waals surface area contributed by atoms with Crippen LogP contribution in [0.25, 0.3) is 0 Å². The van der Waals surface area contributed by atoms with Gasteiger partial charge in [0.05, 0.1) is 13.2 Å². The molecule has 1 heterocycles. The Kier molecular flexibility index (Phi) is 2.91. The molecule has 0 bridgehead atoms. The number of hydrogen-bond donors (Lipinski definition) is 0. The highest BCUT2D eigenvalue weighted by Gasteiger charge is 2.19. The van der Waals surface area contributed by atoms with Crippen LogP contribution < -0.4 is 0 Å². The van der Waals surface area contributed by atoms with Crippen molar-refractivity contribution < 1.29 is 9.47 Å². The van der Waals surface area contributed by atoms with Crippen LogP contribution in [0.4, 0.5) is 0 Å². The topological polar surface area (TPSA) is 18.5 Å². The zero-order chi connectivity index (χ0) is 10.1. The molecule has 2 nitrogen and oxygen atoms in total. The van der Waals surface area contributed by atoms with Crippen molar-refractivity contribution in [3.63, 3.8) is 0 Å². The number of hydrogen-bond acceptors (Lipinski definition) is 2. The van der Waals surface area contributed by atoms with Crippen molar-refractivity contribution in [2.75, 3.05) is 13.2 Å². The minimum atomic E-state index is -0.166. The molecule has 0 spiro atoms. The molecular formula is C11H13BrO2. The maximum atomic E-state index is 5.45. The molecule has 1 aliphatic heterocycles. The molecule has 76 valence electrons. The monoisotopic (exact) mass is 256 g/mol. The highest BCUT2D eigenvalue weighted by molar-refractivity contribution is 9.10. The molecule has 0 atom stereocenters. The lowest BCUT2D eigenvalue weighted by Crippen LogP contribution is -1.99. The molecule has 0 aromatic heterocycles. The van der Waals surface area contributed by atoms with Crippen LogP contribution in [-0.4, -0.2) is 13.2 Å². The second kappa shape index (κ2) is 4.01. The molecule has 1 saturated heterocycles. The van der Waals surface area contributed by atoms with Gasteiger partial charge in [0.15, 0.2) is 6.29 Å². The van der Waals surface area contributed by atoms with Gasteiger partial charge in [-0.1, -0.05) is 15.9 Å². The Morgan fingerprint density at radius 2 is 1.64 bits per heavy atom. The van der Waals surface area contributed by atoms with Gasteiger partial charge in [-0.05, 0) is 37.1 Å². The fraction of sp³-hybridized carbons (Fsp3) is 0.455. The van der Waals surface area contributed by atoms with Crippen LogP contribution in [0.1, 0.15) is 23.0 Å². The molecule has 0 radical (unpaired) electrons. The van der Waals surface area contributed by atoms with E-state index in [-0.39, 0.29) is 6.29 Å². The molecule has 1 aromatic rings. The van der Waals surface area contributed by atoms with Gasteiger partial charge in [0.1, 0.15) is 0 Å². The molecule has 1 aromatic carbocycles. The predicted octanol–water partition coefficient (Wildman–Crippen LogP) is 3.11. The molecule has 14 heavy (non-hydrogen) atoms. The molecule has 0 amide bonds. The first-order valence-electron chi connectivity index (χ1n) is 4.68. The number of benzene rings is 1. The van der Waals surface area contributed by atoms with Crippen LogP contribution in [0.5, 0.6) is 0 Å². The van der Waals surface area contributed by atoms with Gasteiger partial charge in [0.25, 0.3) is 0 Å². The number of ether oxygens (including phenoxy) is 2. The predicted molar refractivity (Wildman–Crippen MR) is 58.3 cm³/mol. The first kappa shape index (κ1) is 10.1. The summed E-state index contributed by atoms with van der Waals surface area (Å²) in [5, 5.41) is 0. The third kappa shape index (κ3) is 1.85. The van der Waals surface area contributed by atoms with Gasteiger partial charge < -0.3 is 9.47 Å². The standard InChI is InChI=1S/C11H13BrO2/c1-7-5-9(6-8(2)10(7)12)11-13-3-4-14-11/h5-6,11H,3-4H2,1-2H3. The molecule has 1 aliphatic rings. The maximum Gasteiger partial charge on any atom is 0.184 e. The summed E-state index contributed by atoms with van der Waals surface area (Å²) in [6.07, 6.45) is -0.166. The van der Waals surface area contributed by atoms with E-state index in [0.29, 0.717) is 13.2 Å². The minimum absolute atomic E-state index is 0.166. The van der Waals surface area contributed by atoms with E-state index < -0.39 is 0 Å². The second-order valence-electron chi connectivity index (χ2n) is 3.54. The summed E-state index contributed by atoms with van der Waals surface area (Å²) in [6.45, 7) is 5.54. The molecule has 3 heteroatoms. The molecular weight excluding hydrogens is 244 g/mol. The maximum absolute atomic E-state index is 5.45. The van der Waals surface area contributed by atoms with Gasteiger partial charge in [-0.2, -0.15) is 0 Å². The van der Waals surface area contributed by atoms with Crippen LogP contribution in [0.15, 0.2) is 16.6 Å². The van der Waals surface area contributed by atoms with Gasteiger partial charge >= 0.3 is 0 Å². The molecule has 2 rings (SSSR count). The number of halogens is 1. The van der Waals surface area contributed by atoms with Crippen molar-refractivity contribution in [3.8, 4) is 0 Å². The SMILES string of the molecule is Cc1cc(C2OCCO2)cc(C)c1Br. The fourth-order valence-electron chi connectivity index (χ4n) is 1.67. The van der Waals surface area contributed by atoms with Crippen molar-refractivity contribution in [2.45, 2.75) is 20.1 Å². The molecule has 0 aliphatic carbocycles. The Hall–Kier alpha value is -0.380. The largest absolute Gasteiger partial charge is 0.346 e. The summed E-state index contributed by atoms with van der Waals surface area (Å²) in [5.41, 5.74) is 3.55. The third-order valence-electron chi connectivity index (χ3n) is 2.35. The Labute approximate surface area is 92.3 Å². The van der Waals surface area contributed by atoms with E-state index >= 15 is 0 Å². The van der Waals surface area contributed by atoms with E-state index in [1.165, 1.54) is 15.6 Å². The van der Waals surface area contributed by atoms with Gasteiger partial charge in [-0.3, -0.25) is 0 Å². The summed E-state index contributed by atoms with van der Waals surface area (Å²) in [4.78, 5) is 0. The van der Waals surface area contributed by atoms with Gasteiger partial charge in [0.2, 0.25) is 0 Å². The summed E-state index contributed by atoms with van der Waals surface area (Å²) in [6, 6.07) is 4.21. The van der Waals surface area contributed by atoms with Gasteiger partial charge in [-0.25, -0.2) is 0 Å². The molecule has 1 fully saturated rings. The van der Waals surface area contributed by atoms with Crippen molar-refractivity contribution in [3.05, 3.63) is 33.3 Å². The quantitative estimate of drug-likeness (QED) is 0.769. The highest BCUT2D eigenvalue weighted by Crippen LogP contribution is 2.29. The zero-order valence-corrected chi connectivity index (χ0v) is 9.93. The van der Waals surface area contributed by atoms with Crippen LogP contribution >= 0.6 is 15.9 Å². The second-order valence-corrected chi connectivity index (χ2v) is 4.34. The van der Waals surface area contributed by atoms with Crippen molar-refractivity contribution in [1.82, 2.24) is 0 Å². The Morgan fingerprint density at radius 3 is 2.14 bits per heavy atom. The lowest BCUT2D eigenvalue weighted by atomic mass is 10.1. The zero-order valence-electron chi connectivity index (χ0n) is 8.34. The minimum Gasteiger partial charge on any atom is -0.346 e. The van der Waals surface area contributed by atoms with Gasteiger partial charge in [-0.15, -0.1) is 0 Å².